The van der Waals surface area contributed by atoms with E-state index in [9.17, 15) is 4.79 Å². The van der Waals surface area contributed by atoms with Gasteiger partial charge in [0.2, 0.25) is 5.91 Å². The van der Waals surface area contributed by atoms with Gasteiger partial charge in [-0.25, -0.2) is 0 Å². The minimum atomic E-state index is -0.00245. The number of rotatable bonds is 4. The van der Waals surface area contributed by atoms with Crippen molar-refractivity contribution in [2.24, 2.45) is 0 Å². The zero-order valence-corrected chi connectivity index (χ0v) is 9.64. The zero-order valence-electron chi connectivity index (χ0n) is 8.82. The summed E-state index contributed by atoms with van der Waals surface area (Å²) >= 11 is 1.57. The number of thioether (sulfide) groups is 1. The third-order valence-electron chi connectivity index (χ3n) is 2.38. The van der Waals surface area contributed by atoms with Crippen LogP contribution in [0.5, 0.6) is 0 Å². The molecule has 0 aromatic heterocycles. The molecule has 0 unspecified atom stereocenters. The smallest absolute Gasteiger partial charge is 0.234 e. The molecule has 3 N–H and O–H groups in total. The van der Waals surface area contributed by atoms with Crippen molar-refractivity contribution in [2.45, 2.75) is 11.3 Å². The summed E-state index contributed by atoms with van der Waals surface area (Å²) in [4.78, 5) is 12.3. The molecule has 0 saturated heterocycles. The molecule has 0 aliphatic carbocycles. The van der Waals surface area contributed by atoms with Crippen LogP contribution < -0.4 is 10.6 Å². The van der Waals surface area contributed by atoms with Gasteiger partial charge in [0.15, 0.2) is 0 Å². The first-order chi connectivity index (χ1) is 7.79. The fourth-order valence-electron chi connectivity index (χ4n) is 1.60. The molecule has 1 amide bonds. The number of aliphatic hydroxyl groups is 1. The largest absolute Gasteiger partial charge is 0.381 e. The molecule has 16 heavy (non-hydrogen) atoms. The molecule has 1 aliphatic heterocycles. The summed E-state index contributed by atoms with van der Waals surface area (Å²) in [6, 6.07) is 6.09. The summed E-state index contributed by atoms with van der Waals surface area (Å²) in [6.45, 7) is 0.730. The minimum absolute atomic E-state index is 0.00245. The van der Waals surface area contributed by atoms with Gasteiger partial charge >= 0.3 is 0 Å². The molecule has 5 heteroatoms. The number of fused-ring (bicyclic) bond motifs is 1. The van der Waals surface area contributed by atoms with Gasteiger partial charge in [-0.2, -0.15) is 0 Å². The van der Waals surface area contributed by atoms with Crippen molar-refractivity contribution in [1.82, 2.24) is 5.32 Å². The lowest BCUT2D eigenvalue weighted by Gasteiger charge is -2.17. The average molecular weight is 238 g/mol. The maximum absolute atomic E-state index is 11.2. The van der Waals surface area contributed by atoms with Crippen molar-refractivity contribution < 1.29 is 9.90 Å². The highest BCUT2D eigenvalue weighted by Gasteiger charge is 2.14. The lowest BCUT2D eigenvalue weighted by molar-refractivity contribution is -0.113. The topological polar surface area (TPSA) is 61.4 Å². The Labute approximate surface area is 98.4 Å². The third-order valence-corrected chi connectivity index (χ3v) is 3.45. The summed E-state index contributed by atoms with van der Waals surface area (Å²) in [7, 11) is 0. The van der Waals surface area contributed by atoms with E-state index in [1.807, 2.05) is 12.1 Å². The van der Waals surface area contributed by atoms with Crippen LogP contribution in [0.15, 0.2) is 23.1 Å². The lowest BCUT2D eigenvalue weighted by atomic mass is 10.1. The van der Waals surface area contributed by atoms with Crippen LogP contribution in [0, 0.1) is 0 Å². The van der Waals surface area contributed by atoms with Crippen molar-refractivity contribution >= 4 is 23.4 Å². The number of hydrogen-bond acceptors (Lipinski definition) is 4. The van der Waals surface area contributed by atoms with E-state index in [1.54, 1.807) is 11.8 Å². The van der Waals surface area contributed by atoms with Crippen LogP contribution in [0.4, 0.5) is 5.69 Å². The molecule has 0 saturated carbocycles. The van der Waals surface area contributed by atoms with Gasteiger partial charge in [0.25, 0.3) is 0 Å². The van der Waals surface area contributed by atoms with Gasteiger partial charge in [-0.05, 0) is 24.1 Å². The predicted molar refractivity (Wildman–Crippen MR) is 64.6 cm³/mol. The standard InChI is InChI=1S/C11H14N2O2S/c14-7-12-4-3-8-1-2-10-9(5-8)13-11(15)6-16-10/h1-2,5,12,14H,3-4,6-7H2,(H,13,15). The summed E-state index contributed by atoms with van der Waals surface area (Å²) < 4.78 is 0. The second-order valence-electron chi connectivity index (χ2n) is 3.58. The minimum Gasteiger partial charge on any atom is -0.381 e. The molecule has 0 bridgehead atoms. The quantitative estimate of drug-likeness (QED) is 0.537. The highest BCUT2D eigenvalue weighted by molar-refractivity contribution is 8.00. The number of nitrogens with one attached hydrogen (secondary N) is 2. The van der Waals surface area contributed by atoms with E-state index in [2.05, 4.69) is 16.7 Å². The fraction of sp³-hybridized carbons (Fsp3) is 0.364. The van der Waals surface area contributed by atoms with Gasteiger partial charge in [0.1, 0.15) is 0 Å². The molecule has 1 aromatic carbocycles. The van der Waals surface area contributed by atoms with E-state index in [0.29, 0.717) is 5.75 Å². The second-order valence-corrected chi connectivity index (χ2v) is 4.59. The fourth-order valence-corrected chi connectivity index (χ4v) is 2.39. The van der Waals surface area contributed by atoms with Crippen LogP contribution >= 0.6 is 11.8 Å². The van der Waals surface area contributed by atoms with Crippen molar-refractivity contribution in [1.29, 1.82) is 0 Å². The molecule has 1 aliphatic rings. The van der Waals surface area contributed by atoms with Gasteiger partial charge in [0, 0.05) is 11.4 Å². The van der Waals surface area contributed by atoms with Crippen LogP contribution in [0.2, 0.25) is 0 Å². The Hall–Kier alpha value is -1.04. The molecule has 0 radical (unpaired) electrons. The number of carbonyl (C=O) groups is 1. The summed E-state index contributed by atoms with van der Waals surface area (Å²) in [5.41, 5.74) is 2.06. The second kappa shape index (κ2) is 5.34. The average Bonchev–Trinajstić information content (AvgIpc) is 2.29. The van der Waals surface area contributed by atoms with E-state index in [4.69, 9.17) is 5.11 Å². The number of amides is 1. The van der Waals surface area contributed by atoms with Gasteiger partial charge in [-0.15, -0.1) is 11.8 Å². The van der Waals surface area contributed by atoms with Crippen molar-refractivity contribution in [3.63, 3.8) is 0 Å². The Morgan fingerprint density at radius 3 is 3.19 bits per heavy atom. The molecule has 86 valence electrons. The molecule has 4 nitrogen and oxygen atoms in total. The third kappa shape index (κ3) is 2.75. The molecule has 0 spiro atoms. The Morgan fingerprint density at radius 1 is 1.50 bits per heavy atom. The maximum atomic E-state index is 11.2. The van der Waals surface area contributed by atoms with E-state index < -0.39 is 0 Å². The van der Waals surface area contributed by atoms with Crippen LogP contribution in [0.25, 0.3) is 0 Å². The summed E-state index contributed by atoms with van der Waals surface area (Å²) in [6.07, 6.45) is 0.842. The summed E-state index contributed by atoms with van der Waals surface area (Å²) in [5, 5.41) is 14.3. The van der Waals surface area contributed by atoms with Gasteiger partial charge in [-0.3, -0.25) is 10.1 Å². The van der Waals surface area contributed by atoms with E-state index in [-0.39, 0.29) is 12.6 Å². The SMILES string of the molecule is O=C1CSc2ccc(CCNCO)cc2N1. The Bertz CT molecular complexity index is 396. The first kappa shape index (κ1) is 11.4. The Kier molecular flexibility index (Phi) is 3.82. The highest BCUT2D eigenvalue weighted by Crippen LogP contribution is 2.31. The molecular weight excluding hydrogens is 224 g/mol. The number of benzene rings is 1. The van der Waals surface area contributed by atoms with Crippen molar-refractivity contribution in [3.8, 4) is 0 Å². The molecule has 2 rings (SSSR count). The highest BCUT2D eigenvalue weighted by atomic mass is 32.2. The van der Waals surface area contributed by atoms with Gasteiger partial charge in [-0.1, -0.05) is 6.07 Å². The van der Waals surface area contributed by atoms with Crippen molar-refractivity contribution in [3.05, 3.63) is 23.8 Å². The summed E-state index contributed by atoms with van der Waals surface area (Å²) in [5.74, 6) is 0.557. The van der Waals surface area contributed by atoms with Crippen LogP contribution in [0.3, 0.4) is 0 Å². The molecule has 0 fully saturated rings. The van der Waals surface area contributed by atoms with Crippen LogP contribution in [0.1, 0.15) is 5.56 Å². The van der Waals surface area contributed by atoms with Crippen LogP contribution in [-0.4, -0.2) is 30.0 Å². The lowest BCUT2D eigenvalue weighted by Crippen LogP contribution is -2.20. The van der Waals surface area contributed by atoms with Gasteiger partial charge in [0.05, 0.1) is 18.2 Å². The molecule has 1 heterocycles. The number of carbonyl (C=O) groups excluding carboxylic acids is 1. The molecule has 0 atom stereocenters. The van der Waals surface area contributed by atoms with Crippen molar-refractivity contribution in [2.75, 3.05) is 24.3 Å². The first-order valence-electron chi connectivity index (χ1n) is 5.17. The first-order valence-corrected chi connectivity index (χ1v) is 6.15. The Balaban J connectivity index is 2.06. The monoisotopic (exact) mass is 238 g/mol. The van der Waals surface area contributed by atoms with E-state index in [0.717, 1.165) is 29.1 Å². The number of aliphatic hydroxyl groups excluding tert-OH is 1. The number of hydrogen-bond donors (Lipinski definition) is 3. The number of anilines is 1. The normalized spacial score (nSPS) is 14.4. The molecule has 1 aromatic rings. The van der Waals surface area contributed by atoms with Crippen LogP contribution in [-0.2, 0) is 11.2 Å². The maximum Gasteiger partial charge on any atom is 0.234 e. The van der Waals surface area contributed by atoms with E-state index in [1.165, 1.54) is 0 Å². The molecular formula is C11H14N2O2S. The Morgan fingerprint density at radius 2 is 2.38 bits per heavy atom. The predicted octanol–water partition coefficient (Wildman–Crippen LogP) is 0.813. The zero-order chi connectivity index (χ0) is 11.4. The van der Waals surface area contributed by atoms with Gasteiger partial charge < -0.3 is 10.4 Å². The van der Waals surface area contributed by atoms with E-state index >= 15 is 0 Å².